The maximum absolute atomic E-state index is 11.6. The van der Waals surface area contributed by atoms with Gasteiger partial charge in [0.25, 0.3) is 5.91 Å². The summed E-state index contributed by atoms with van der Waals surface area (Å²) in [5, 5.41) is 21.0. The zero-order chi connectivity index (χ0) is 12.1. The van der Waals surface area contributed by atoms with Crippen molar-refractivity contribution >= 4 is 5.91 Å². The molecule has 0 aliphatic carbocycles. The van der Waals surface area contributed by atoms with Crippen LogP contribution in [0.4, 0.5) is 0 Å². The number of nitrogens with one attached hydrogen (secondary N) is 1. The molecule has 88 valence electrons. The summed E-state index contributed by atoms with van der Waals surface area (Å²) < 4.78 is 0. The standard InChI is InChI=1S/C11H16N2O3/c1-7(12)2-3-13-11(16)8-4-9(14)6-10(15)5-8/h4-7,14-15H,2-3,12H2,1H3,(H,13,16). The first kappa shape index (κ1) is 12.3. The van der Waals surface area contributed by atoms with Crippen LogP contribution in [0.15, 0.2) is 18.2 Å². The Balaban J connectivity index is 2.59. The Labute approximate surface area is 93.9 Å². The lowest BCUT2D eigenvalue weighted by molar-refractivity contribution is 0.0952. The molecule has 16 heavy (non-hydrogen) atoms. The molecule has 0 aliphatic heterocycles. The predicted octanol–water partition coefficient (Wildman–Crippen LogP) is 0.565. The molecule has 0 bridgehead atoms. The maximum Gasteiger partial charge on any atom is 0.251 e. The first-order valence-corrected chi connectivity index (χ1v) is 5.06. The quantitative estimate of drug-likeness (QED) is 0.601. The van der Waals surface area contributed by atoms with Gasteiger partial charge in [-0.2, -0.15) is 0 Å². The molecule has 5 nitrogen and oxygen atoms in total. The van der Waals surface area contributed by atoms with E-state index >= 15 is 0 Å². The SMILES string of the molecule is CC(N)CCNC(=O)c1cc(O)cc(O)c1. The molecule has 1 amide bonds. The van der Waals surface area contributed by atoms with Crippen LogP contribution in [0, 0.1) is 0 Å². The smallest absolute Gasteiger partial charge is 0.251 e. The molecule has 0 saturated carbocycles. The van der Waals surface area contributed by atoms with Crippen LogP contribution in [0.2, 0.25) is 0 Å². The summed E-state index contributed by atoms with van der Waals surface area (Å²) in [4.78, 5) is 11.6. The molecule has 0 radical (unpaired) electrons. The molecule has 1 rings (SSSR count). The fraction of sp³-hybridized carbons (Fsp3) is 0.364. The highest BCUT2D eigenvalue weighted by molar-refractivity contribution is 5.95. The second-order valence-electron chi connectivity index (χ2n) is 3.76. The van der Waals surface area contributed by atoms with Crippen LogP contribution in [0.1, 0.15) is 23.7 Å². The van der Waals surface area contributed by atoms with E-state index in [0.717, 1.165) is 0 Å². The van der Waals surface area contributed by atoms with Gasteiger partial charge in [0.1, 0.15) is 11.5 Å². The van der Waals surface area contributed by atoms with Crippen LogP contribution in [-0.4, -0.2) is 28.7 Å². The summed E-state index contributed by atoms with van der Waals surface area (Å²) in [6.07, 6.45) is 0.677. The molecule has 1 atom stereocenters. The van der Waals surface area contributed by atoms with Gasteiger partial charge in [-0.25, -0.2) is 0 Å². The van der Waals surface area contributed by atoms with Crippen molar-refractivity contribution in [1.82, 2.24) is 5.32 Å². The van der Waals surface area contributed by atoms with Gasteiger partial charge in [0.05, 0.1) is 0 Å². The van der Waals surface area contributed by atoms with Crippen molar-refractivity contribution in [1.29, 1.82) is 0 Å². The number of rotatable bonds is 4. The van der Waals surface area contributed by atoms with E-state index in [1.165, 1.54) is 18.2 Å². The molecule has 5 heteroatoms. The summed E-state index contributed by atoms with van der Waals surface area (Å²) in [7, 11) is 0. The second-order valence-corrected chi connectivity index (χ2v) is 3.76. The summed E-state index contributed by atoms with van der Waals surface area (Å²) in [6.45, 7) is 2.32. The molecule has 1 aromatic rings. The molecule has 0 heterocycles. The van der Waals surface area contributed by atoms with Crippen molar-refractivity contribution < 1.29 is 15.0 Å². The van der Waals surface area contributed by atoms with Crippen molar-refractivity contribution in [3.8, 4) is 11.5 Å². The number of nitrogens with two attached hydrogens (primary N) is 1. The average molecular weight is 224 g/mol. The Kier molecular flexibility index (Phi) is 4.13. The number of phenols is 2. The van der Waals surface area contributed by atoms with Crippen LogP contribution in [0.3, 0.4) is 0 Å². The fourth-order valence-electron chi connectivity index (χ4n) is 1.24. The molecule has 1 aromatic carbocycles. The molecule has 0 aliphatic rings. The lowest BCUT2D eigenvalue weighted by atomic mass is 10.2. The number of hydrogen-bond donors (Lipinski definition) is 4. The molecule has 0 saturated heterocycles. The zero-order valence-electron chi connectivity index (χ0n) is 9.10. The monoisotopic (exact) mass is 224 g/mol. The van der Waals surface area contributed by atoms with E-state index in [0.29, 0.717) is 13.0 Å². The number of carbonyl (C=O) groups excluding carboxylic acids is 1. The van der Waals surface area contributed by atoms with Crippen LogP contribution >= 0.6 is 0 Å². The normalized spacial score (nSPS) is 12.1. The molecule has 5 N–H and O–H groups in total. The highest BCUT2D eigenvalue weighted by atomic mass is 16.3. The number of benzene rings is 1. The van der Waals surface area contributed by atoms with Gasteiger partial charge in [-0.15, -0.1) is 0 Å². The summed E-state index contributed by atoms with van der Waals surface area (Å²) in [5.74, 6) is -0.624. The van der Waals surface area contributed by atoms with E-state index < -0.39 is 0 Å². The summed E-state index contributed by atoms with van der Waals surface area (Å²) in [5.41, 5.74) is 5.76. The van der Waals surface area contributed by atoms with Crippen molar-refractivity contribution in [3.63, 3.8) is 0 Å². The highest BCUT2D eigenvalue weighted by Crippen LogP contribution is 2.20. The van der Waals surface area contributed by atoms with Gasteiger partial charge in [-0.1, -0.05) is 0 Å². The van der Waals surface area contributed by atoms with Gasteiger partial charge in [0.2, 0.25) is 0 Å². The Morgan fingerprint density at radius 2 is 1.94 bits per heavy atom. The minimum atomic E-state index is -0.341. The Morgan fingerprint density at radius 1 is 1.38 bits per heavy atom. The molecule has 0 spiro atoms. The first-order valence-electron chi connectivity index (χ1n) is 5.06. The summed E-state index contributed by atoms with van der Waals surface area (Å²) in [6, 6.07) is 3.78. The van der Waals surface area contributed by atoms with Gasteiger partial charge in [0.15, 0.2) is 0 Å². The number of carbonyl (C=O) groups is 1. The third-order valence-corrected chi connectivity index (χ3v) is 2.05. The number of aromatic hydroxyl groups is 2. The molecular formula is C11H16N2O3. The van der Waals surface area contributed by atoms with Gasteiger partial charge in [0, 0.05) is 24.2 Å². The van der Waals surface area contributed by atoms with E-state index in [9.17, 15) is 15.0 Å². The third-order valence-electron chi connectivity index (χ3n) is 2.05. The third kappa shape index (κ3) is 3.78. The lowest BCUT2D eigenvalue weighted by Gasteiger charge is -2.07. The highest BCUT2D eigenvalue weighted by Gasteiger charge is 2.08. The molecule has 1 unspecified atom stereocenters. The number of amides is 1. The summed E-state index contributed by atoms with van der Waals surface area (Å²) >= 11 is 0. The molecule has 0 aromatic heterocycles. The van der Waals surface area contributed by atoms with E-state index in [2.05, 4.69) is 5.32 Å². The first-order chi connectivity index (χ1) is 7.49. The number of phenolic OH excluding ortho intramolecular Hbond substituents is 2. The van der Waals surface area contributed by atoms with Crippen molar-refractivity contribution in [2.45, 2.75) is 19.4 Å². The Hall–Kier alpha value is -1.75. The van der Waals surface area contributed by atoms with Gasteiger partial charge in [-0.05, 0) is 25.5 Å². The minimum absolute atomic E-state index is 0.0258. The van der Waals surface area contributed by atoms with Crippen molar-refractivity contribution in [2.24, 2.45) is 5.73 Å². The number of hydrogen-bond acceptors (Lipinski definition) is 4. The van der Waals surface area contributed by atoms with E-state index in [1.54, 1.807) is 0 Å². The largest absolute Gasteiger partial charge is 0.508 e. The van der Waals surface area contributed by atoms with Crippen LogP contribution in [0.5, 0.6) is 11.5 Å². The van der Waals surface area contributed by atoms with Crippen molar-refractivity contribution in [3.05, 3.63) is 23.8 Å². The van der Waals surface area contributed by atoms with Crippen LogP contribution < -0.4 is 11.1 Å². The lowest BCUT2D eigenvalue weighted by Crippen LogP contribution is -2.28. The van der Waals surface area contributed by atoms with Crippen molar-refractivity contribution in [2.75, 3.05) is 6.54 Å². The van der Waals surface area contributed by atoms with Gasteiger partial charge < -0.3 is 21.3 Å². The van der Waals surface area contributed by atoms with E-state index in [-0.39, 0.29) is 29.0 Å². The topological polar surface area (TPSA) is 95.6 Å². The Morgan fingerprint density at radius 3 is 2.44 bits per heavy atom. The van der Waals surface area contributed by atoms with Crippen LogP contribution in [0.25, 0.3) is 0 Å². The van der Waals surface area contributed by atoms with E-state index in [1.807, 2.05) is 6.92 Å². The second kappa shape index (κ2) is 5.37. The fourth-order valence-corrected chi connectivity index (χ4v) is 1.24. The minimum Gasteiger partial charge on any atom is -0.508 e. The maximum atomic E-state index is 11.6. The molecule has 0 fully saturated rings. The Bertz CT molecular complexity index is 357. The average Bonchev–Trinajstić information content (AvgIpc) is 2.15. The van der Waals surface area contributed by atoms with E-state index in [4.69, 9.17) is 5.73 Å². The van der Waals surface area contributed by atoms with Crippen LogP contribution in [-0.2, 0) is 0 Å². The van der Waals surface area contributed by atoms with Gasteiger partial charge >= 0.3 is 0 Å². The molecular weight excluding hydrogens is 208 g/mol. The zero-order valence-corrected chi connectivity index (χ0v) is 9.10. The van der Waals surface area contributed by atoms with Gasteiger partial charge in [-0.3, -0.25) is 4.79 Å². The predicted molar refractivity (Wildman–Crippen MR) is 60.4 cm³/mol.